The molecule has 0 amide bonds. The number of nitrogens with zero attached hydrogens (tertiary/aromatic N) is 2. The Morgan fingerprint density at radius 3 is 2.79 bits per heavy atom. The van der Waals surface area contributed by atoms with Gasteiger partial charge in [0, 0.05) is 17.2 Å². The van der Waals surface area contributed by atoms with E-state index in [-0.39, 0.29) is 5.82 Å². The lowest BCUT2D eigenvalue weighted by Gasteiger charge is -2.13. The molecule has 0 spiro atoms. The second-order valence-electron chi connectivity index (χ2n) is 4.97. The van der Waals surface area contributed by atoms with Crippen molar-refractivity contribution in [2.75, 3.05) is 5.32 Å². The molecule has 0 aliphatic rings. The predicted molar refractivity (Wildman–Crippen MR) is 79.2 cm³/mol. The molecule has 0 bridgehead atoms. The summed E-state index contributed by atoms with van der Waals surface area (Å²) in [4.78, 5) is 4.41. The number of aromatic nitrogens is 2. The molecule has 1 aromatic heterocycles. The van der Waals surface area contributed by atoms with Gasteiger partial charge in [-0.25, -0.2) is 9.37 Å². The number of halogens is 2. The van der Waals surface area contributed by atoms with Crippen molar-refractivity contribution in [1.82, 2.24) is 9.55 Å². The van der Waals surface area contributed by atoms with Crippen LogP contribution in [0.3, 0.4) is 0 Å². The van der Waals surface area contributed by atoms with Crippen LogP contribution in [-0.4, -0.2) is 9.55 Å². The second-order valence-corrected chi connectivity index (χ2v) is 5.83. The van der Waals surface area contributed by atoms with Crippen molar-refractivity contribution < 1.29 is 4.39 Å². The van der Waals surface area contributed by atoms with E-state index in [0.29, 0.717) is 22.0 Å². The van der Waals surface area contributed by atoms with Crippen molar-refractivity contribution in [3.8, 4) is 0 Å². The summed E-state index contributed by atoms with van der Waals surface area (Å²) in [5.74, 6) is 0.862. The third-order valence-corrected chi connectivity index (χ3v) is 3.32. The van der Waals surface area contributed by atoms with Crippen LogP contribution in [0.15, 0.2) is 28.9 Å². The average Bonchev–Trinajstić information content (AvgIpc) is 2.63. The number of hydrogen-bond donors (Lipinski definition) is 1. The van der Waals surface area contributed by atoms with Gasteiger partial charge in [-0.15, -0.1) is 0 Å². The Kier molecular flexibility index (Phi) is 4.24. The summed E-state index contributed by atoms with van der Waals surface area (Å²) >= 11 is 3.35. The van der Waals surface area contributed by atoms with Gasteiger partial charge in [0.1, 0.15) is 5.82 Å². The third-order valence-electron chi connectivity index (χ3n) is 2.66. The maximum absolute atomic E-state index is 13.8. The smallest absolute Gasteiger partial charge is 0.207 e. The summed E-state index contributed by atoms with van der Waals surface area (Å²) in [6, 6.07) is 4.89. The average molecular weight is 326 g/mol. The Morgan fingerprint density at radius 2 is 2.16 bits per heavy atom. The zero-order valence-corrected chi connectivity index (χ0v) is 12.8. The van der Waals surface area contributed by atoms with Crippen LogP contribution in [0.4, 0.5) is 16.0 Å². The van der Waals surface area contributed by atoms with E-state index in [1.165, 1.54) is 6.07 Å². The molecule has 1 N–H and O–H groups in total. The van der Waals surface area contributed by atoms with Crippen molar-refractivity contribution in [3.63, 3.8) is 0 Å². The van der Waals surface area contributed by atoms with E-state index in [2.05, 4.69) is 40.1 Å². The van der Waals surface area contributed by atoms with Gasteiger partial charge in [0.2, 0.25) is 5.95 Å². The topological polar surface area (TPSA) is 29.9 Å². The predicted octanol–water partition coefficient (Wildman–Crippen LogP) is 4.49. The number of hydrogen-bond acceptors (Lipinski definition) is 2. The number of rotatable bonds is 4. The molecule has 1 aromatic carbocycles. The molecule has 0 aliphatic heterocycles. The number of aryl methyl sites for hydroxylation is 1. The summed E-state index contributed by atoms with van der Waals surface area (Å²) < 4.78 is 16.5. The van der Waals surface area contributed by atoms with E-state index in [1.54, 1.807) is 12.1 Å². The molecule has 0 atom stereocenters. The van der Waals surface area contributed by atoms with Gasteiger partial charge in [-0.3, -0.25) is 0 Å². The Hall–Kier alpha value is -1.36. The first-order valence-electron chi connectivity index (χ1n) is 6.22. The van der Waals surface area contributed by atoms with Gasteiger partial charge in [0.25, 0.3) is 0 Å². The first-order chi connectivity index (χ1) is 8.97. The molecule has 0 saturated carbocycles. The molecule has 0 unspecified atom stereocenters. The van der Waals surface area contributed by atoms with Crippen LogP contribution in [0.25, 0.3) is 0 Å². The normalized spacial score (nSPS) is 11.1. The van der Waals surface area contributed by atoms with E-state index >= 15 is 0 Å². The quantitative estimate of drug-likeness (QED) is 0.897. The third kappa shape index (κ3) is 3.35. The van der Waals surface area contributed by atoms with Gasteiger partial charge in [-0.05, 0) is 40.9 Å². The highest BCUT2D eigenvalue weighted by Gasteiger charge is 2.12. The number of anilines is 2. The highest BCUT2D eigenvalue weighted by molar-refractivity contribution is 9.10. The van der Waals surface area contributed by atoms with Crippen molar-refractivity contribution in [2.45, 2.75) is 27.3 Å². The summed E-state index contributed by atoms with van der Waals surface area (Å²) in [5, 5.41) is 3.07. The van der Waals surface area contributed by atoms with E-state index < -0.39 is 0 Å². The second kappa shape index (κ2) is 5.74. The Morgan fingerprint density at radius 1 is 1.42 bits per heavy atom. The molecule has 102 valence electrons. The summed E-state index contributed by atoms with van der Waals surface area (Å²) in [5.41, 5.74) is 1.33. The van der Waals surface area contributed by atoms with Crippen molar-refractivity contribution in [3.05, 3.63) is 40.4 Å². The zero-order chi connectivity index (χ0) is 14.0. The molecule has 3 nitrogen and oxygen atoms in total. The molecule has 1 heterocycles. The lowest BCUT2D eigenvalue weighted by atomic mass is 10.2. The molecule has 0 aliphatic carbocycles. The van der Waals surface area contributed by atoms with Crippen LogP contribution in [-0.2, 0) is 6.54 Å². The summed E-state index contributed by atoms with van der Waals surface area (Å²) in [6.45, 7) is 7.05. The molecular weight excluding hydrogens is 309 g/mol. The van der Waals surface area contributed by atoms with Gasteiger partial charge in [0.05, 0.1) is 11.4 Å². The molecule has 5 heteroatoms. The van der Waals surface area contributed by atoms with E-state index in [9.17, 15) is 4.39 Å². The van der Waals surface area contributed by atoms with E-state index in [4.69, 9.17) is 0 Å². The number of para-hydroxylation sites is 1. The van der Waals surface area contributed by atoms with Gasteiger partial charge in [0.15, 0.2) is 0 Å². The fourth-order valence-electron chi connectivity index (χ4n) is 1.91. The first-order valence-corrected chi connectivity index (χ1v) is 7.01. The van der Waals surface area contributed by atoms with Crippen LogP contribution in [0.2, 0.25) is 0 Å². The summed E-state index contributed by atoms with van der Waals surface area (Å²) in [7, 11) is 0. The minimum atomic E-state index is -0.300. The van der Waals surface area contributed by atoms with Crippen LogP contribution >= 0.6 is 15.9 Å². The molecule has 19 heavy (non-hydrogen) atoms. The Balaban J connectivity index is 2.33. The maximum atomic E-state index is 13.8. The van der Waals surface area contributed by atoms with Crippen LogP contribution in [0, 0.1) is 18.7 Å². The maximum Gasteiger partial charge on any atom is 0.207 e. The summed E-state index contributed by atoms with van der Waals surface area (Å²) in [6.07, 6.45) is 1.97. The Labute approximate surface area is 121 Å². The first kappa shape index (κ1) is 14.1. The van der Waals surface area contributed by atoms with Gasteiger partial charge >= 0.3 is 0 Å². The molecule has 0 saturated heterocycles. The van der Waals surface area contributed by atoms with E-state index in [1.807, 2.05) is 17.7 Å². The van der Waals surface area contributed by atoms with Crippen LogP contribution < -0.4 is 5.32 Å². The molecule has 0 radical (unpaired) electrons. The number of nitrogens with one attached hydrogen (secondary N) is 1. The lowest BCUT2D eigenvalue weighted by Crippen LogP contribution is -2.08. The van der Waals surface area contributed by atoms with Gasteiger partial charge in [-0.1, -0.05) is 19.9 Å². The highest BCUT2D eigenvalue weighted by Crippen LogP contribution is 2.28. The van der Waals surface area contributed by atoms with Crippen LogP contribution in [0.1, 0.15) is 19.5 Å². The molecule has 2 aromatic rings. The monoisotopic (exact) mass is 325 g/mol. The fraction of sp³-hybridized carbons (Fsp3) is 0.357. The standard InChI is InChI=1S/C14H17BrFN3/c1-9(2)7-19-8-10(3)17-14(19)18-13-11(15)5-4-6-12(13)16/h4-6,8-9H,7H2,1-3H3,(H,17,18). The van der Waals surface area contributed by atoms with Crippen LogP contribution in [0.5, 0.6) is 0 Å². The molecule has 0 fully saturated rings. The van der Waals surface area contributed by atoms with Gasteiger partial charge < -0.3 is 9.88 Å². The van der Waals surface area contributed by atoms with Crippen molar-refractivity contribution >= 4 is 27.6 Å². The minimum absolute atomic E-state index is 0.300. The number of benzene rings is 1. The zero-order valence-electron chi connectivity index (χ0n) is 11.2. The fourth-order valence-corrected chi connectivity index (χ4v) is 2.35. The SMILES string of the molecule is Cc1cn(CC(C)C)c(Nc2c(F)cccc2Br)n1. The highest BCUT2D eigenvalue weighted by atomic mass is 79.9. The Bertz CT molecular complexity index is 558. The van der Waals surface area contributed by atoms with Crippen molar-refractivity contribution in [1.29, 1.82) is 0 Å². The minimum Gasteiger partial charge on any atom is -0.322 e. The van der Waals surface area contributed by atoms with E-state index in [0.717, 1.165) is 12.2 Å². The van der Waals surface area contributed by atoms with Gasteiger partial charge in [-0.2, -0.15) is 0 Å². The molecule has 2 rings (SSSR count). The largest absolute Gasteiger partial charge is 0.322 e. The van der Waals surface area contributed by atoms with Crippen molar-refractivity contribution in [2.24, 2.45) is 5.92 Å². The molecular formula is C14H17BrFN3. The number of imidazole rings is 1. The lowest BCUT2D eigenvalue weighted by molar-refractivity contribution is 0.527.